The van der Waals surface area contributed by atoms with Gasteiger partial charge in [-0.25, -0.2) is 0 Å². The second-order valence-electron chi connectivity index (χ2n) is 7.57. The van der Waals surface area contributed by atoms with Crippen molar-refractivity contribution in [1.29, 1.82) is 0 Å². The average Bonchev–Trinajstić information content (AvgIpc) is 3.32. The van der Waals surface area contributed by atoms with Gasteiger partial charge < -0.3 is 29.0 Å². The van der Waals surface area contributed by atoms with Gasteiger partial charge in [0.15, 0.2) is 23.0 Å². The molecule has 1 heterocycles. The average molecular weight is 450 g/mol. The van der Waals surface area contributed by atoms with E-state index < -0.39 is 0 Å². The lowest BCUT2D eigenvalue weighted by atomic mass is 10.1. The zero-order valence-electron chi connectivity index (χ0n) is 18.8. The molecule has 3 aromatic carbocycles. The molecule has 0 atom stereocenters. The van der Waals surface area contributed by atoms with E-state index in [1.165, 1.54) is 0 Å². The Morgan fingerprint density at radius 3 is 2.45 bits per heavy atom. The third kappa shape index (κ3) is 5.68. The summed E-state index contributed by atoms with van der Waals surface area (Å²) in [5, 5.41) is 2.97. The maximum atomic E-state index is 12.5. The summed E-state index contributed by atoms with van der Waals surface area (Å²) in [6, 6.07) is 19.3. The second-order valence-corrected chi connectivity index (χ2v) is 7.57. The fraction of sp³-hybridized carbons (Fsp3) is 0.269. The van der Waals surface area contributed by atoms with Crippen molar-refractivity contribution in [2.75, 3.05) is 27.6 Å². The molecule has 1 aliphatic heterocycles. The van der Waals surface area contributed by atoms with Gasteiger partial charge in [-0.3, -0.25) is 4.79 Å². The number of nitrogens with one attached hydrogen (secondary N) is 1. The number of fused-ring (bicyclic) bond motifs is 1. The van der Waals surface area contributed by atoms with E-state index in [1.54, 1.807) is 14.2 Å². The first kappa shape index (κ1) is 22.3. The van der Waals surface area contributed by atoms with Gasteiger partial charge in [0.2, 0.25) is 18.4 Å². The second kappa shape index (κ2) is 10.6. The van der Waals surface area contributed by atoms with E-state index in [-0.39, 0.29) is 19.1 Å². The normalized spacial score (nSPS) is 11.7. The standard InChI is InChI=1S/C26H27NO6/c1-29-21-9-8-19(12-22(21)31-16-18-6-4-3-5-7-18)15-25(28)27-11-10-20-13-23(30-2)26-24(14-20)32-17-33-26/h3-9,12-14H,10-11,15-17H2,1-2H3,(H,27,28). The van der Waals surface area contributed by atoms with Gasteiger partial charge in [0, 0.05) is 6.54 Å². The third-order valence-corrected chi connectivity index (χ3v) is 5.28. The summed E-state index contributed by atoms with van der Waals surface area (Å²) in [5.74, 6) is 3.09. The summed E-state index contributed by atoms with van der Waals surface area (Å²) >= 11 is 0. The number of rotatable bonds is 10. The molecule has 0 unspecified atom stereocenters. The van der Waals surface area contributed by atoms with E-state index >= 15 is 0 Å². The van der Waals surface area contributed by atoms with Crippen molar-refractivity contribution >= 4 is 5.91 Å². The van der Waals surface area contributed by atoms with E-state index in [4.69, 9.17) is 23.7 Å². The summed E-state index contributed by atoms with van der Waals surface area (Å²) < 4.78 is 27.6. The number of benzene rings is 3. The maximum Gasteiger partial charge on any atom is 0.231 e. The van der Waals surface area contributed by atoms with Gasteiger partial charge in [-0.1, -0.05) is 36.4 Å². The number of hydrogen-bond donors (Lipinski definition) is 1. The zero-order valence-corrected chi connectivity index (χ0v) is 18.8. The van der Waals surface area contributed by atoms with Crippen LogP contribution in [0.25, 0.3) is 0 Å². The molecule has 1 aliphatic rings. The molecule has 0 radical (unpaired) electrons. The molecule has 0 saturated carbocycles. The van der Waals surface area contributed by atoms with Crippen molar-refractivity contribution in [2.45, 2.75) is 19.4 Å². The van der Waals surface area contributed by atoms with Gasteiger partial charge in [-0.15, -0.1) is 0 Å². The van der Waals surface area contributed by atoms with Crippen LogP contribution in [0.15, 0.2) is 60.7 Å². The van der Waals surface area contributed by atoms with Gasteiger partial charge in [0.1, 0.15) is 6.61 Å². The van der Waals surface area contributed by atoms with Crippen LogP contribution in [0.4, 0.5) is 0 Å². The zero-order chi connectivity index (χ0) is 23.0. The lowest BCUT2D eigenvalue weighted by molar-refractivity contribution is -0.120. The van der Waals surface area contributed by atoms with Crippen LogP contribution in [0, 0.1) is 0 Å². The Kier molecular flexibility index (Phi) is 7.19. The summed E-state index contributed by atoms with van der Waals surface area (Å²) in [6.45, 7) is 1.10. The van der Waals surface area contributed by atoms with Gasteiger partial charge in [0.25, 0.3) is 0 Å². The van der Waals surface area contributed by atoms with E-state index in [2.05, 4.69) is 5.32 Å². The van der Waals surface area contributed by atoms with Crippen molar-refractivity contribution < 1.29 is 28.5 Å². The molecule has 0 aromatic heterocycles. The Bertz CT molecular complexity index is 1100. The quantitative estimate of drug-likeness (QED) is 0.506. The molecule has 172 valence electrons. The molecule has 7 heteroatoms. The van der Waals surface area contributed by atoms with Crippen LogP contribution >= 0.6 is 0 Å². The largest absolute Gasteiger partial charge is 0.493 e. The monoisotopic (exact) mass is 449 g/mol. The fourth-order valence-electron chi connectivity index (χ4n) is 3.60. The van der Waals surface area contributed by atoms with Crippen LogP contribution in [0.2, 0.25) is 0 Å². The molecule has 3 aromatic rings. The third-order valence-electron chi connectivity index (χ3n) is 5.28. The maximum absolute atomic E-state index is 12.5. The van der Waals surface area contributed by atoms with E-state index in [0.29, 0.717) is 48.3 Å². The summed E-state index contributed by atoms with van der Waals surface area (Å²) in [4.78, 5) is 12.5. The molecular formula is C26H27NO6. The number of carbonyl (C=O) groups excluding carboxylic acids is 1. The minimum Gasteiger partial charge on any atom is -0.493 e. The molecule has 0 aliphatic carbocycles. The van der Waals surface area contributed by atoms with Crippen LogP contribution in [-0.4, -0.2) is 33.5 Å². The van der Waals surface area contributed by atoms with Crippen LogP contribution in [-0.2, 0) is 24.2 Å². The van der Waals surface area contributed by atoms with Crippen LogP contribution in [0.3, 0.4) is 0 Å². The van der Waals surface area contributed by atoms with E-state index in [0.717, 1.165) is 16.7 Å². The van der Waals surface area contributed by atoms with Crippen molar-refractivity contribution in [3.05, 3.63) is 77.4 Å². The summed E-state index contributed by atoms with van der Waals surface area (Å²) in [5.41, 5.74) is 2.90. The van der Waals surface area contributed by atoms with Crippen LogP contribution in [0.5, 0.6) is 28.7 Å². The Balaban J connectivity index is 1.32. The SMILES string of the molecule is COc1ccc(CC(=O)NCCc2cc(OC)c3c(c2)OCO3)cc1OCc1ccccc1. The van der Waals surface area contributed by atoms with Crippen LogP contribution < -0.4 is 29.0 Å². The highest BCUT2D eigenvalue weighted by Crippen LogP contribution is 2.41. The molecule has 0 fully saturated rings. The number of methoxy groups -OCH3 is 2. The van der Waals surface area contributed by atoms with E-state index in [9.17, 15) is 4.79 Å². The number of amides is 1. The Hall–Kier alpha value is -3.87. The van der Waals surface area contributed by atoms with Crippen molar-refractivity contribution in [1.82, 2.24) is 5.32 Å². The smallest absolute Gasteiger partial charge is 0.231 e. The van der Waals surface area contributed by atoms with Gasteiger partial charge in [-0.05, 0) is 47.4 Å². The number of hydrogen-bond acceptors (Lipinski definition) is 6. The molecule has 7 nitrogen and oxygen atoms in total. The topological polar surface area (TPSA) is 75.3 Å². The van der Waals surface area contributed by atoms with Crippen molar-refractivity contribution in [2.24, 2.45) is 0 Å². The molecule has 33 heavy (non-hydrogen) atoms. The molecular weight excluding hydrogens is 422 g/mol. The molecule has 0 saturated heterocycles. The molecule has 1 N–H and O–H groups in total. The van der Waals surface area contributed by atoms with E-state index in [1.807, 2.05) is 60.7 Å². The van der Waals surface area contributed by atoms with Gasteiger partial charge in [-0.2, -0.15) is 0 Å². The molecule has 1 amide bonds. The van der Waals surface area contributed by atoms with Crippen LogP contribution in [0.1, 0.15) is 16.7 Å². The summed E-state index contributed by atoms with van der Waals surface area (Å²) in [6.07, 6.45) is 0.892. The van der Waals surface area contributed by atoms with Gasteiger partial charge >= 0.3 is 0 Å². The summed E-state index contributed by atoms with van der Waals surface area (Å²) in [7, 11) is 3.19. The first-order chi connectivity index (χ1) is 16.2. The minimum absolute atomic E-state index is 0.0677. The number of carbonyl (C=O) groups is 1. The van der Waals surface area contributed by atoms with Crippen molar-refractivity contribution in [3.8, 4) is 28.7 Å². The van der Waals surface area contributed by atoms with Gasteiger partial charge in [0.05, 0.1) is 20.6 Å². The Labute approximate surface area is 193 Å². The molecule has 0 spiro atoms. The molecule has 4 rings (SSSR count). The Morgan fingerprint density at radius 1 is 0.879 bits per heavy atom. The minimum atomic E-state index is -0.0677. The predicted octanol–water partition coefficient (Wildman–Crippen LogP) is 3.91. The highest BCUT2D eigenvalue weighted by atomic mass is 16.7. The first-order valence-corrected chi connectivity index (χ1v) is 10.7. The highest BCUT2D eigenvalue weighted by molar-refractivity contribution is 5.78. The first-order valence-electron chi connectivity index (χ1n) is 10.7. The number of ether oxygens (including phenoxy) is 5. The lowest BCUT2D eigenvalue weighted by Crippen LogP contribution is -2.27. The lowest BCUT2D eigenvalue weighted by Gasteiger charge is -2.13. The fourth-order valence-corrected chi connectivity index (χ4v) is 3.60. The van der Waals surface area contributed by atoms with Crippen molar-refractivity contribution in [3.63, 3.8) is 0 Å². The highest BCUT2D eigenvalue weighted by Gasteiger charge is 2.20. The molecule has 0 bridgehead atoms. The Morgan fingerprint density at radius 2 is 1.67 bits per heavy atom. The predicted molar refractivity (Wildman–Crippen MR) is 123 cm³/mol.